The third-order valence-electron chi connectivity index (χ3n) is 4.75. The average Bonchev–Trinajstić information content (AvgIpc) is 2.60. The minimum absolute atomic E-state index is 0.0538. The van der Waals surface area contributed by atoms with Crippen LogP contribution < -0.4 is 10.5 Å². The molecule has 0 fully saturated rings. The van der Waals surface area contributed by atoms with E-state index >= 15 is 0 Å². The molecule has 3 aromatic carbocycles. The highest BCUT2D eigenvalue weighted by atomic mass is 32.2. The summed E-state index contributed by atoms with van der Waals surface area (Å²) in [6.07, 6.45) is 1.17. The second-order valence-corrected chi connectivity index (χ2v) is 8.64. The topological polar surface area (TPSA) is 69.4 Å². The third-order valence-corrected chi connectivity index (χ3v) is 5.98. The van der Waals surface area contributed by atoms with Crippen LogP contribution in [0.2, 0.25) is 0 Å². The van der Waals surface area contributed by atoms with Crippen LogP contribution in [0.1, 0.15) is 22.6 Å². The number of fused-ring (bicyclic) bond motifs is 3. The molecular formula is C21H19NO3S. The first kappa shape index (κ1) is 16.7. The number of hydrogen-bond acceptors (Lipinski definition) is 4. The van der Waals surface area contributed by atoms with Crippen LogP contribution in [0.25, 0.3) is 10.8 Å². The lowest BCUT2D eigenvalue weighted by molar-refractivity contribution is 0.400. The summed E-state index contributed by atoms with van der Waals surface area (Å²) in [7, 11) is -3.55. The van der Waals surface area contributed by atoms with Crippen LogP contribution in [-0.4, -0.2) is 14.7 Å². The van der Waals surface area contributed by atoms with Crippen molar-refractivity contribution in [3.8, 4) is 5.75 Å². The first-order chi connectivity index (χ1) is 12.4. The maximum absolute atomic E-state index is 12.5. The van der Waals surface area contributed by atoms with Gasteiger partial charge in [0.2, 0.25) is 5.88 Å². The summed E-state index contributed by atoms with van der Waals surface area (Å²) in [5.74, 6) is 0.0828. The van der Waals surface area contributed by atoms with Crippen LogP contribution >= 0.6 is 0 Å². The van der Waals surface area contributed by atoms with Gasteiger partial charge in [-0.1, -0.05) is 66.2 Å². The molecule has 0 aliphatic carbocycles. The summed E-state index contributed by atoms with van der Waals surface area (Å²) in [5.41, 5.74) is 8.90. The molecule has 1 atom stereocenters. The lowest BCUT2D eigenvalue weighted by Crippen LogP contribution is -2.26. The van der Waals surface area contributed by atoms with Crippen LogP contribution in [0, 0.1) is 6.92 Å². The van der Waals surface area contributed by atoms with Gasteiger partial charge in [-0.05, 0) is 17.9 Å². The summed E-state index contributed by atoms with van der Waals surface area (Å²) in [5, 5.41) is 1.93. The Balaban J connectivity index is 2.05. The minimum atomic E-state index is -3.55. The van der Waals surface area contributed by atoms with Crippen LogP contribution in [0.4, 0.5) is 0 Å². The quantitative estimate of drug-likeness (QED) is 0.749. The van der Waals surface area contributed by atoms with Gasteiger partial charge in [0.05, 0.1) is 5.92 Å². The standard InChI is InChI=1S/C21H19NO3S/c1-13-7-9-15(10-8-13)18-17-12-11-14-5-3-4-6-16(14)19(17)25-21(22)20(18)26(2,23)24/h3-12,18H,22H2,1-2H3. The van der Waals surface area contributed by atoms with E-state index < -0.39 is 15.8 Å². The molecule has 0 spiro atoms. The number of nitrogens with two attached hydrogens (primary N) is 1. The Kier molecular flexibility index (Phi) is 3.77. The largest absolute Gasteiger partial charge is 0.440 e. The maximum Gasteiger partial charge on any atom is 0.206 e. The fraction of sp³-hybridized carbons (Fsp3) is 0.143. The summed E-state index contributed by atoms with van der Waals surface area (Å²) < 4.78 is 30.8. The number of ether oxygens (including phenoxy) is 1. The fourth-order valence-corrected chi connectivity index (χ4v) is 4.63. The zero-order chi connectivity index (χ0) is 18.5. The van der Waals surface area contributed by atoms with Gasteiger partial charge in [-0.15, -0.1) is 0 Å². The number of aryl methyl sites for hydroxylation is 1. The Morgan fingerprint density at radius 3 is 2.35 bits per heavy atom. The highest BCUT2D eigenvalue weighted by molar-refractivity contribution is 7.94. The van der Waals surface area contributed by atoms with Gasteiger partial charge >= 0.3 is 0 Å². The Bertz CT molecular complexity index is 1150. The molecule has 4 rings (SSSR count). The summed E-state index contributed by atoms with van der Waals surface area (Å²) in [6, 6.07) is 19.6. The van der Waals surface area contributed by atoms with Crippen LogP contribution in [0.3, 0.4) is 0 Å². The van der Waals surface area contributed by atoms with Crippen molar-refractivity contribution in [3.63, 3.8) is 0 Å². The van der Waals surface area contributed by atoms with Gasteiger partial charge in [-0.2, -0.15) is 0 Å². The van der Waals surface area contributed by atoms with Gasteiger partial charge in [0.25, 0.3) is 0 Å². The molecule has 1 heterocycles. The first-order valence-corrected chi connectivity index (χ1v) is 10.2. The predicted molar refractivity (Wildman–Crippen MR) is 104 cm³/mol. The van der Waals surface area contributed by atoms with E-state index in [1.54, 1.807) is 0 Å². The van der Waals surface area contributed by atoms with Gasteiger partial charge < -0.3 is 10.5 Å². The molecule has 1 aliphatic heterocycles. The van der Waals surface area contributed by atoms with Crippen molar-refractivity contribution in [3.05, 3.63) is 88.1 Å². The smallest absolute Gasteiger partial charge is 0.206 e. The summed E-state index contributed by atoms with van der Waals surface area (Å²) in [6.45, 7) is 2.00. The van der Waals surface area contributed by atoms with Crippen molar-refractivity contribution in [2.75, 3.05) is 6.26 Å². The molecule has 0 saturated carbocycles. The van der Waals surface area contributed by atoms with Crippen molar-refractivity contribution >= 4 is 20.6 Å². The van der Waals surface area contributed by atoms with E-state index in [1.165, 1.54) is 6.26 Å². The van der Waals surface area contributed by atoms with Crippen LogP contribution in [-0.2, 0) is 9.84 Å². The van der Waals surface area contributed by atoms with E-state index in [0.29, 0.717) is 5.75 Å². The number of hydrogen-bond donors (Lipinski definition) is 1. The average molecular weight is 365 g/mol. The Labute approximate surface area is 152 Å². The van der Waals surface area contributed by atoms with Crippen LogP contribution in [0.15, 0.2) is 71.5 Å². The fourth-order valence-electron chi connectivity index (χ4n) is 3.53. The van der Waals surface area contributed by atoms with E-state index in [-0.39, 0.29) is 10.8 Å². The molecule has 5 heteroatoms. The molecular weight excluding hydrogens is 346 g/mol. The van der Waals surface area contributed by atoms with E-state index in [1.807, 2.05) is 67.6 Å². The van der Waals surface area contributed by atoms with E-state index in [0.717, 1.165) is 27.5 Å². The minimum Gasteiger partial charge on any atom is -0.440 e. The third kappa shape index (κ3) is 2.65. The molecule has 0 saturated heterocycles. The Morgan fingerprint density at radius 1 is 0.962 bits per heavy atom. The molecule has 26 heavy (non-hydrogen) atoms. The van der Waals surface area contributed by atoms with Crippen molar-refractivity contribution < 1.29 is 13.2 Å². The molecule has 1 unspecified atom stereocenters. The number of allylic oxidation sites excluding steroid dienone is 1. The molecule has 4 nitrogen and oxygen atoms in total. The van der Waals surface area contributed by atoms with Gasteiger partial charge in [0.15, 0.2) is 9.84 Å². The monoisotopic (exact) mass is 365 g/mol. The van der Waals surface area contributed by atoms with Crippen LogP contribution in [0.5, 0.6) is 5.75 Å². The highest BCUT2D eigenvalue weighted by Crippen LogP contribution is 2.46. The summed E-state index contributed by atoms with van der Waals surface area (Å²) >= 11 is 0. The van der Waals surface area contributed by atoms with Gasteiger partial charge in [-0.25, -0.2) is 8.42 Å². The molecule has 0 bridgehead atoms. The first-order valence-electron chi connectivity index (χ1n) is 8.32. The molecule has 132 valence electrons. The molecule has 0 radical (unpaired) electrons. The van der Waals surface area contributed by atoms with Gasteiger partial charge in [0.1, 0.15) is 10.7 Å². The zero-order valence-electron chi connectivity index (χ0n) is 14.6. The Morgan fingerprint density at radius 2 is 1.65 bits per heavy atom. The van der Waals surface area contributed by atoms with Crippen molar-refractivity contribution in [2.24, 2.45) is 5.73 Å². The molecule has 0 aromatic heterocycles. The zero-order valence-corrected chi connectivity index (χ0v) is 15.4. The number of rotatable bonds is 2. The molecule has 3 aromatic rings. The van der Waals surface area contributed by atoms with Crippen molar-refractivity contribution in [1.29, 1.82) is 0 Å². The SMILES string of the molecule is Cc1ccc(C2C(S(C)(=O)=O)=C(N)Oc3c2ccc2ccccc32)cc1. The Hall–Kier alpha value is -2.79. The predicted octanol–water partition coefficient (Wildman–Crippen LogP) is 3.84. The van der Waals surface area contributed by atoms with Crippen molar-refractivity contribution in [1.82, 2.24) is 0 Å². The lowest BCUT2D eigenvalue weighted by Gasteiger charge is -2.29. The van der Waals surface area contributed by atoms with E-state index in [4.69, 9.17) is 10.5 Å². The number of benzene rings is 3. The summed E-state index contributed by atoms with van der Waals surface area (Å²) in [4.78, 5) is 0.115. The normalized spacial score (nSPS) is 17.1. The van der Waals surface area contributed by atoms with Gasteiger partial charge in [-0.3, -0.25) is 0 Å². The maximum atomic E-state index is 12.5. The van der Waals surface area contributed by atoms with Crippen molar-refractivity contribution in [2.45, 2.75) is 12.8 Å². The second kappa shape index (κ2) is 5.88. The molecule has 0 amide bonds. The molecule has 2 N–H and O–H groups in total. The van der Waals surface area contributed by atoms with E-state index in [9.17, 15) is 8.42 Å². The molecule has 1 aliphatic rings. The number of sulfone groups is 1. The van der Waals surface area contributed by atoms with E-state index in [2.05, 4.69) is 0 Å². The highest BCUT2D eigenvalue weighted by Gasteiger charge is 2.36. The van der Waals surface area contributed by atoms with Gasteiger partial charge in [0, 0.05) is 17.2 Å². The second-order valence-electron chi connectivity index (χ2n) is 6.65. The lowest BCUT2D eigenvalue weighted by atomic mass is 9.87.